The summed E-state index contributed by atoms with van der Waals surface area (Å²) in [6, 6.07) is 11.7. The van der Waals surface area contributed by atoms with Crippen LogP contribution >= 0.6 is 0 Å². The molecule has 0 aliphatic carbocycles. The first kappa shape index (κ1) is 11.9. The lowest BCUT2D eigenvalue weighted by molar-refractivity contribution is 0.262. The zero-order valence-corrected chi connectivity index (χ0v) is 9.35. The number of amides is 2. The molecule has 0 heterocycles. The molecule has 2 rings (SSSR count). The van der Waals surface area contributed by atoms with E-state index in [1.54, 1.807) is 24.3 Å². The Labute approximate surface area is 103 Å². The van der Waals surface area contributed by atoms with Crippen molar-refractivity contribution in [3.63, 3.8) is 0 Å². The van der Waals surface area contributed by atoms with Gasteiger partial charge in [-0.1, -0.05) is 18.2 Å². The van der Waals surface area contributed by atoms with Crippen molar-refractivity contribution < 1.29 is 14.3 Å². The number of aromatic hydroxyl groups is 1. The Morgan fingerprint density at radius 2 is 1.78 bits per heavy atom. The molecule has 4 nitrogen and oxygen atoms in total. The molecule has 0 aromatic heterocycles. The molecule has 2 amide bonds. The average Bonchev–Trinajstić information content (AvgIpc) is 2.34. The minimum Gasteiger partial charge on any atom is -0.506 e. The Balaban J connectivity index is 2.03. The van der Waals surface area contributed by atoms with Gasteiger partial charge >= 0.3 is 6.03 Å². The summed E-state index contributed by atoms with van der Waals surface area (Å²) < 4.78 is 12.7. The second-order valence-corrected chi connectivity index (χ2v) is 3.61. The molecule has 5 heteroatoms. The minimum absolute atomic E-state index is 0.143. The number of hydrogen-bond donors (Lipinski definition) is 3. The fraction of sp³-hybridized carbons (Fsp3) is 0. The second kappa shape index (κ2) is 5.18. The maximum Gasteiger partial charge on any atom is 0.323 e. The van der Waals surface area contributed by atoms with E-state index in [-0.39, 0.29) is 11.4 Å². The lowest BCUT2D eigenvalue weighted by Crippen LogP contribution is -2.19. The van der Waals surface area contributed by atoms with Crippen molar-refractivity contribution in [2.24, 2.45) is 0 Å². The number of rotatable bonds is 2. The van der Waals surface area contributed by atoms with Crippen molar-refractivity contribution in [2.75, 3.05) is 10.6 Å². The normalized spacial score (nSPS) is 9.83. The van der Waals surface area contributed by atoms with Crippen molar-refractivity contribution in [2.45, 2.75) is 0 Å². The number of benzene rings is 2. The molecule has 0 atom stereocenters. The number of urea groups is 1. The average molecular weight is 246 g/mol. The van der Waals surface area contributed by atoms with Crippen molar-refractivity contribution in [1.82, 2.24) is 0 Å². The Kier molecular flexibility index (Phi) is 3.43. The van der Waals surface area contributed by atoms with Gasteiger partial charge in [-0.3, -0.25) is 0 Å². The third-order valence-electron chi connectivity index (χ3n) is 2.24. The predicted octanol–water partition coefficient (Wildman–Crippen LogP) is 3.18. The number of nitrogens with one attached hydrogen (secondary N) is 2. The standard InChI is InChI=1S/C13H11FN2O2/c14-9-6-7-11(12(17)8-9)16-13(18)15-10-4-2-1-3-5-10/h1-8,17H,(H2,15,16,18). The highest BCUT2D eigenvalue weighted by Crippen LogP contribution is 2.23. The molecule has 18 heavy (non-hydrogen) atoms. The van der Waals surface area contributed by atoms with E-state index in [1.165, 1.54) is 6.07 Å². The first-order chi connectivity index (χ1) is 8.65. The number of anilines is 2. The van der Waals surface area contributed by atoms with E-state index in [0.717, 1.165) is 12.1 Å². The first-order valence-electron chi connectivity index (χ1n) is 5.27. The molecular formula is C13H11FN2O2. The molecule has 0 radical (unpaired) electrons. The molecule has 0 aliphatic rings. The largest absolute Gasteiger partial charge is 0.506 e. The maximum absolute atomic E-state index is 12.7. The number of halogens is 1. The van der Waals surface area contributed by atoms with E-state index in [1.807, 2.05) is 6.07 Å². The molecule has 3 N–H and O–H groups in total. The molecule has 0 aliphatic heterocycles. The third-order valence-corrected chi connectivity index (χ3v) is 2.24. The summed E-state index contributed by atoms with van der Waals surface area (Å²) in [5.74, 6) is -0.889. The van der Waals surface area contributed by atoms with Crippen LogP contribution in [0.3, 0.4) is 0 Å². The van der Waals surface area contributed by atoms with Crippen LogP contribution in [-0.4, -0.2) is 11.1 Å². The number of carbonyl (C=O) groups excluding carboxylic acids is 1. The molecule has 2 aromatic rings. The minimum atomic E-state index is -0.568. The van der Waals surface area contributed by atoms with Gasteiger partial charge in [0.2, 0.25) is 0 Å². The number of phenolic OH excluding ortho intramolecular Hbond substituents is 1. The summed E-state index contributed by atoms with van der Waals surface area (Å²) in [6.07, 6.45) is 0. The molecular weight excluding hydrogens is 235 g/mol. The summed E-state index contributed by atoms with van der Waals surface area (Å²) in [4.78, 5) is 11.6. The Bertz CT molecular complexity index is 558. The fourth-order valence-electron chi connectivity index (χ4n) is 1.42. The fourth-order valence-corrected chi connectivity index (χ4v) is 1.42. The van der Waals surface area contributed by atoms with Gasteiger partial charge in [0, 0.05) is 11.8 Å². The van der Waals surface area contributed by atoms with Gasteiger partial charge in [-0.05, 0) is 24.3 Å². The Morgan fingerprint density at radius 1 is 1.06 bits per heavy atom. The lowest BCUT2D eigenvalue weighted by atomic mass is 10.3. The molecule has 0 fully saturated rings. The number of para-hydroxylation sites is 1. The highest BCUT2D eigenvalue weighted by atomic mass is 19.1. The van der Waals surface area contributed by atoms with E-state index >= 15 is 0 Å². The van der Waals surface area contributed by atoms with Crippen LogP contribution in [0, 0.1) is 5.82 Å². The zero-order chi connectivity index (χ0) is 13.0. The molecule has 0 saturated carbocycles. The van der Waals surface area contributed by atoms with Gasteiger partial charge in [0.05, 0.1) is 5.69 Å². The molecule has 0 saturated heterocycles. The van der Waals surface area contributed by atoms with Crippen LogP contribution in [0.4, 0.5) is 20.6 Å². The molecule has 0 spiro atoms. The van der Waals surface area contributed by atoms with Gasteiger partial charge in [-0.2, -0.15) is 0 Å². The van der Waals surface area contributed by atoms with Crippen molar-refractivity contribution >= 4 is 17.4 Å². The van der Waals surface area contributed by atoms with Gasteiger partial charge < -0.3 is 15.7 Å². The van der Waals surface area contributed by atoms with E-state index in [4.69, 9.17) is 0 Å². The summed E-state index contributed by atoms with van der Waals surface area (Å²) in [6.45, 7) is 0. The van der Waals surface area contributed by atoms with Crippen LogP contribution in [0.15, 0.2) is 48.5 Å². The van der Waals surface area contributed by atoms with Gasteiger partial charge in [-0.15, -0.1) is 0 Å². The van der Waals surface area contributed by atoms with Crippen LogP contribution in [0.1, 0.15) is 0 Å². The van der Waals surface area contributed by atoms with E-state index in [9.17, 15) is 14.3 Å². The smallest absolute Gasteiger partial charge is 0.323 e. The topological polar surface area (TPSA) is 61.4 Å². The van der Waals surface area contributed by atoms with Crippen molar-refractivity contribution in [3.05, 3.63) is 54.3 Å². The first-order valence-corrected chi connectivity index (χ1v) is 5.27. The summed E-state index contributed by atoms with van der Waals surface area (Å²) >= 11 is 0. The number of hydrogen-bond acceptors (Lipinski definition) is 2. The molecule has 0 bridgehead atoms. The third kappa shape index (κ3) is 2.98. The maximum atomic E-state index is 12.7. The van der Waals surface area contributed by atoms with E-state index in [0.29, 0.717) is 5.69 Å². The van der Waals surface area contributed by atoms with Crippen LogP contribution < -0.4 is 10.6 Å². The SMILES string of the molecule is O=C(Nc1ccccc1)Nc1ccc(F)cc1O. The quantitative estimate of drug-likeness (QED) is 0.713. The number of phenols is 1. The zero-order valence-electron chi connectivity index (χ0n) is 9.35. The summed E-state index contributed by atoms with van der Waals surface area (Å²) in [5, 5.41) is 14.4. The van der Waals surface area contributed by atoms with Gasteiger partial charge in [0.25, 0.3) is 0 Å². The van der Waals surface area contributed by atoms with E-state index in [2.05, 4.69) is 10.6 Å². The van der Waals surface area contributed by atoms with Gasteiger partial charge in [0.15, 0.2) is 0 Å². The highest BCUT2D eigenvalue weighted by molar-refractivity contribution is 6.00. The second-order valence-electron chi connectivity index (χ2n) is 3.61. The van der Waals surface area contributed by atoms with Crippen LogP contribution in [0.5, 0.6) is 5.75 Å². The lowest BCUT2D eigenvalue weighted by Gasteiger charge is -2.08. The van der Waals surface area contributed by atoms with Crippen LogP contribution in [0.2, 0.25) is 0 Å². The predicted molar refractivity (Wildman–Crippen MR) is 67.1 cm³/mol. The van der Waals surface area contributed by atoms with Crippen LogP contribution in [-0.2, 0) is 0 Å². The number of carbonyl (C=O) groups is 1. The van der Waals surface area contributed by atoms with Crippen molar-refractivity contribution in [1.29, 1.82) is 0 Å². The summed E-state index contributed by atoms with van der Waals surface area (Å²) in [7, 11) is 0. The summed E-state index contributed by atoms with van der Waals surface area (Å²) in [5.41, 5.74) is 0.765. The highest BCUT2D eigenvalue weighted by Gasteiger charge is 2.07. The van der Waals surface area contributed by atoms with Gasteiger partial charge in [-0.25, -0.2) is 9.18 Å². The molecule has 2 aromatic carbocycles. The Morgan fingerprint density at radius 3 is 2.44 bits per heavy atom. The van der Waals surface area contributed by atoms with Crippen LogP contribution in [0.25, 0.3) is 0 Å². The Hall–Kier alpha value is -2.56. The molecule has 0 unspecified atom stereocenters. The van der Waals surface area contributed by atoms with Crippen molar-refractivity contribution in [3.8, 4) is 5.75 Å². The van der Waals surface area contributed by atoms with E-state index < -0.39 is 11.8 Å². The molecule has 92 valence electrons. The van der Waals surface area contributed by atoms with Gasteiger partial charge in [0.1, 0.15) is 11.6 Å². The monoisotopic (exact) mass is 246 g/mol.